The Hall–Kier alpha value is -4.07. The summed E-state index contributed by atoms with van der Waals surface area (Å²) in [4.78, 5) is 13.9. The summed E-state index contributed by atoms with van der Waals surface area (Å²) in [5, 5.41) is 22.6. The van der Waals surface area contributed by atoms with E-state index < -0.39 is 27.7 Å². The molecule has 0 saturated heterocycles. The third-order valence-corrected chi connectivity index (χ3v) is 7.22. The van der Waals surface area contributed by atoms with E-state index in [1.807, 2.05) is 0 Å². The fourth-order valence-corrected chi connectivity index (χ4v) is 4.41. The molecule has 0 radical (unpaired) electrons. The summed E-state index contributed by atoms with van der Waals surface area (Å²) in [5.74, 6) is -1.20. The summed E-state index contributed by atoms with van der Waals surface area (Å²) in [6.45, 7) is 10.1. The van der Waals surface area contributed by atoms with Crippen molar-refractivity contribution in [1.29, 1.82) is 0 Å². The van der Waals surface area contributed by atoms with Crippen LogP contribution in [0.25, 0.3) is 28.1 Å². The van der Waals surface area contributed by atoms with Gasteiger partial charge in [-0.15, -0.1) is 5.10 Å². The number of halogens is 3. The molecule has 9 nitrogen and oxygen atoms in total. The molecule has 1 heterocycles. The van der Waals surface area contributed by atoms with Gasteiger partial charge >= 0.3 is 12.1 Å². The first kappa shape index (κ1) is 31.5. The topological polar surface area (TPSA) is 131 Å². The van der Waals surface area contributed by atoms with Crippen molar-refractivity contribution in [2.45, 2.75) is 31.8 Å². The molecular weight excluding hydrogens is 559 g/mol. The molecule has 0 fully saturated rings. The van der Waals surface area contributed by atoms with Gasteiger partial charge in [0, 0.05) is 5.56 Å². The fraction of sp³-hybridized carbons (Fsp3) is 0.250. The van der Waals surface area contributed by atoms with Gasteiger partial charge in [0.1, 0.15) is 5.69 Å². The van der Waals surface area contributed by atoms with E-state index in [0.717, 1.165) is 12.1 Å². The molecular formula is C28H30F3N5O4S. The second kappa shape index (κ2) is 13.1. The fourth-order valence-electron chi connectivity index (χ4n) is 3.89. The lowest BCUT2D eigenvalue weighted by molar-refractivity contribution is -0.137. The highest BCUT2D eigenvalue weighted by atomic mass is 32.2. The van der Waals surface area contributed by atoms with Crippen LogP contribution in [0.2, 0.25) is 0 Å². The number of hydrogen-bond acceptors (Lipinski definition) is 6. The maximum absolute atomic E-state index is 12.8. The molecule has 0 unspecified atom stereocenters. The van der Waals surface area contributed by atoms with E-state index in [1.54, 1.807) is 6.07 Å². The number of carbonyl (C=O) groups is 1. The van der Waals surface area contributed by atoms with Crippen LogP contribution in [0.15, 0.2) is 77.8 Å². The molecule has 1 aromatic heterocycles. The van der Waals surface area contributed by atoms with Gasteiger partial charge in [-0.2, -0.15) is 13.2 Å². The van der Waals surface area contributed by atoms with E-state index in [9.17, 15) is 31.5 Å². The largest absolute Gasteiger partial charge is 0.478 e. The van der Waals surface area contributed by atoms with Gasteiger partial charge in [0.25, 0.3) is 0 Å². The molecule has 0 aliphatic heterocycles. The molecule has 4 rings (SSSR count). The first-order valence-electron chi connectivity index (χ1n) is 12.6. The zero-order chi connectivity index (χ0) is 30.4. The van der Waals surface area contributed by atoms with Crippen molar-refractivity contribution in [3.8, 4) is 28.1 Å². The van der Waals surface area contributed by atoms with Crippen molar-refractivity contribution in [2.24, 2.45) is 5.14 Å². The number of rotatable bonds is 8. The van der Waals surface area contributed by atoms with E-state index in [-0.39, 0.29) is 16.2 Å². The number of sulfonamides is 1. The van der Waals surface area contributed by atoms with Crippen molar-refractivity contribution in [2.75, 3.05) is 19.6 Å². The van der Waals surface area contributed by atoms with Gasteiger partial charge in [-0.1, -0.05) is 50.3 Å². The molecule has 218 valence electrons. The van der Waals surface area contributed by atoms with Crippen molar-refractivity contribution < 1.29 is 31.5 Å². The van der Waals surface area contributed by atoms with Crippen LogP contribution in [-0.4, -0.2) is 59.0 Å². The normalized spacial score (nSPS) is 11.7. The van der Waals surface area contributed by atoms with Gasteiger partial charge in [-0.25, -0.2) is 23.0 Å². The Morgan fingerprint density at radius 2 is 1.46 bits per heavy atom. The van der Waals surface area contributed by atoms with Crippen molar-refractivity contribution in [3.05, 3.63) is 84.1 Å². The van der Waals surface area contributed by atoms with Crippen LogP contribution in [0, 0.1) is 0 Å². The quantitative estimate of drug-likeness (QED) is 0.285. The van der Waals surface area contributed by atoms with Gasteiger partial charge < -0.3 is 10.0 Å². The summed E-state index contributed by atoms with van der Waals surface area (Å²) >= 11 is 0. The lowest BCUT2D eigenvalue weighted by atomic mass is 10.0. The summed E-state index contributed by atoms with van der Waals surface area (Å²) in [7, 11) is -3.89. The van der Waals surface area contributed by atoms with E-state index in [1.165, 1.54) is 79.0 Å². The van der Waals surface area contributed by atoms with Crippen LogP contribution in [0.1, 0.15) is 36.7 Å². The molecule has 0 bridgehead atoms. The van der Waals surface area contributed by atoms with Gasteiger partial charge in [-0.05, 0) is 73.2 Å². The van der Waals surface area contributed by atoms with E-state index >= 15 is 0 Å². The lowest BCUT2D eigenvalue weighted by Crippen LogP contribution is -2.21. The van der Waals surface area contributed by atoms with Crippen molar-refractivity contribution in [3.63, 3.8) is 0 Å². The second-order valence-electron chi connectivity index (χ2n) is 8.89. The molecule has 3 N–H and O–H groups in total. The van der Waals surface area contributed by atoms with Gasteiger partial charge in [0.05, 0.1) is 27.9 Å². The van der Waals surface area contributed by atoms with E-state index in [2.05, 4.69) is 36.0 Å². The average molecular weight is 590 g/mol. The zero-order valence-corrected chi connectivity index (χ0v) is 23.4. The maximum Gasteiger partial charge on any atom is 0.416 e. The molecule has 0 atom stereocenters. The molecule has 0 aliphatic carbocycles. The summed E-state index contributed by atoms with van der Waals surface area (Å²) in [5.41, 5.74) is 1.14. The summed E-state index contributed by atoms with van der Waals surface area (Å²) < 4.78 is 62.6. The number of primary sulfonamides is 1. The number of aromatic nitrogens is 3. The number of carboxylic acids is 1. The number of nitrogens with two attached hydrogens (primary N) is 1. The van der Waals surface area contributed by atoms with Gasteiger partial charge in [0.15, 0.2) is 0 Å². The minimum atomic E-state index is -4.46. The molecule has 3 aromatic carbocycles. The third kappa shape index (κ3) is 8.22. The Morgan fingerprint density at radius 3 is 1.93 bits per heavy atom. The van der Waals surface area contributed by atoms with Crippen molar-refractivity contribution >= 4 is 16.0 Å². The Bertz CT molecular complexity index is 1580. The Kier molecular flexibility index (Phi) is 10.0. The zero-order valence-electron chi connectivity index (χ0n) is 22.6. The first-order valence-corrected chi connectivity index (χ1v) is 14.2. The smallest absolute Gasteiger partial charge is 0.416 e. The number of alkyl halides is 3. The molecule has 0 amide bonds. The molecule has 0 aliphatic rings. The third-order valence-electron chi connectivity index (χ3n) is 6.29. The van der Waals surface area contributed by atoms with Crippen LogP contribution in [-0.2, 0) is 16.2 Å². The monoisotopic (exact) mass is 589 g/mol. The highest BCUT2D eigenvalue weighted by molar-refractivity contribution is 7.89. The Balaban J connectivity index is 0.000000587. The standard InChI is InChI=1S/C22H15F3N4O4S.C6H15N/c23-22(24,25)17-5-1-14(2-6-17)20-12-29(28-27-20)18-10-15(9-16(11-18)21(30)31)13-3-7-19(8-4-13)34(26,32)33;1-4-7(5-2)6-3/h1-12H,(H,30,31)(H2,26,32,33);4-6H2,1-3H3. The minimum Gasteiger partial charge on any atom is -0.478 e. The number of hydrogen-bond donors (Lipinski definition) is 2. The summed E-state index contributed by atoms with van der Waals surface area (Å²) in [6.07, 6.45) is -3.01. The van der Waals surface area contributed by atoms with Crippen molar-refractivity contribution in [1.82, 2.24) is 19.9 Å². The lowest BCUT2D eigenvalue weighted by Gasteiger charge is -2.13. The predicted octanol–water partition coefficient (Wildman–Crippen LogP) is 5.31. The van der Waals surface area contributed by atoms with Gasteiger partial charge in [-0.3, -0.25) is 0 Å². The number of aromatic carboxylic acids is 1. The molecule has 41 heavy (non-hydrogen) atoms. The minimum absolute atomic E-state index is 0.0606. The van der Waals surface area contributed by atoms with Crippen LogP contribution in [0.3, 0.4) is 0 Å². The Labute approximate surface area is 236 Å². The number of carboxylic acid groups (broad SMARTS) is 1. The molecule has 0 saturated carbocycles. The summed E-state index contributed by atoms with van der Waals surface area (Å²) in [6, 6.07) is 14.4. The molecule has 4 aromatic rings. The SMILES string of the molecule is CCN(CC)CC.NS(=O)(=O)c1ccc(-c2cc(C(=O)O)cc(-n3cc(-c4ccc(C(F)(F)F)cc4)nn3)c2)cc1. The number of benzene rings is 3. The number of nitrogens with zero attached hydrogens (tertiary/aromatic N) is 4. The van der Waals surface area contributed by atoms with Gasteiger partial charge in [0.2, 0.25) is 10.0 Å². The van der Waals surface area contributed by atoms with E-state index in [4.69, 9.17) is 5.14 Å². The van der Waals surface area contributed by atoms with Crippen LogP contribution < -0.4 is 5.14 Å². The average Bonchev–Trinajstić information content (AvgIpc) is 3.44. The molecule has 13 heteroatoms. The first-order chi connectivity index (χ1) is 19.3. The Morgan fingerprint density at radius 1 is 0.902 bits per heavy atom. The van der Waals surface area contributed by atoms with Crippen LogP contribution >= 0.6 is 0 Å². The molecule has 0 spiro atoms. The predicted molar refractivity (Wildman–Crippen MR) is 149 cm³/mol. The second-order valence-corrected chi connectivity index (χ2v) is 10.4. The van der Waals surface area contributed by atoms with Crippen LogP contribution in [0.5, 0.6) is 0 Å². The highest BCUT2D eigenvalue weighted by Crippen LogP contribution is 2.31. The van der Waals surface area contributed by atoms with Crippen LogP contribution in [0.4, 0.5) is 13.2 Å². The highest BCUT2D eigenvalue weighted by Gasteiger charge is 2.30. The maximum atomic E-state index is 12.8. The van der Waals surface area contributed by atoms with E-state index in [0.29, 0.717) is 22.4 Å².